The maximum atomic E-state index is 11.8. The Kier molecular flexibility index (Phi) is 6.02. The molecule has 0 aliphatic carbocycles. The Morgan fingerprint density at radius 3 is 2.62 bits per heavy atom. The topological polar surface area (TPSA) is 87.7 Å². The number of aliphatic carboxylic acids is 1. The molecule has 0 heterocycles. The number of nitrogens with one attached hydrogen (secondary N) is 2. The van der Waals surface area contributed by atoms with Crippen molar-refractivity contribution >= 4 is 27.9 Å². The molecule has 0 aliphatic heterocycles. The van der Waals surface area contributed by atoms with Gasteiger partial charge in [-0.3, -0.25) is 0 Å². The van der Waals surface area contributed by atoms with E-state index in [-0.39, 0.29) is 13.0 Å². The molecule has 0 saturated carbocycles. The monoisotopic (exact) mass is 358 g/mol. The van der Waals surface area contributed by atoms with E-state index in [1.165, 1.54) is 6.92 Å². The fraction of sp³-hybridized carbons (Fsp3) is 0.429. The molecule has 0 radical (unpaired) electrons. The maximum Gasteiger partial charge on any atom is 0.329 e. The Labute approximate surface area is 132 Å². The molecule has 0 aliphatic rings. The number of carbonyl (C=O) groups excluding carboxylic acids is 1. The lowest BCUT2D eigenvalue weighted by Crippen LogP contribution is -2.54. The van der Waals surface area contributed by atoms with Crippen molar-refractivity contribution in [1.82, 2.24) is 10.6 Å². The quantitative estimate of drug-likeness (QED) is 0.728. The number of methoxy groups -OCH3 is 1. The molecule has 1 unspecified atom stereocenters. The largest absolute Gasteiger partial charge is 0.496 e. The third-order valence-corrected chi connectivity index (χ3v) is 3.74. The zero-order valence-corrected chi connectivity index (χ0v) is 13.8. The molecule has 7 heteroatoms. The normalized spacial score (nSPS) is 13.1. The summed E-state index contributed by atoms with van der Waals surface area (Å²) in [5.41, 5.74) is -0.499. The molecule has 3 N–H and O–H groups in total. The third kappa shape index (κ3) is 4.63. The second-order valence-electron chi connectivity index (χ2n) is 4.75. The van der Waals surface area contributed by atoms with Gasteiger partial charge in [-0.1, -0.05) is 22.9 Å². The number of rotatable bonds is 6. The van der Waals surface area contributed by atoms with Gasteiger partial charge in [0, 0.05) is 16.6 Å². The van der Waals surface area contributed by atoms with Crippen molar-refractivity contribution < 1.29 is 19.4 Å². The van der Waals surface area contributed by atoms with E-state index in [0.29, 0.717) is 5.75 Å². The Morgan fingerprint density at radius 1 is 1.43 bits per heavy atom. The Morgan fingerprint density at radius 2 is 2.10 bits per heavy atom. The molecular formula is C14H19BrN2O4. The first-order chi connectivity index (χ1) is 9.82. The summed E-state index contributed by atoms with van der Waals surface area (Å²) in [5.74, 6) is -0.421. The summed E-state index contributed by atoms with van der Waals surface area (Å²) < 4.78 is 6.07. The molecule has 116 valence electrons. The van der Waals surface area contributed by atoms with Crippen LogP contribution in [0.4, 0.5) is 4.79 Å². The molecule has 2 amide bonds. The van der Waals surface area contributed by atoms with Gasteiger partial charge in [-0.2, -0.15) is 0 Å². The number of hydrogen-bond acceptors (Lipinski definition) is 3. The second-order valence-corrected chi connectivity index (χ2v) is 5.67. The van der Waals surface area contributed by atoms with E-state index >= 15 is 0 Å². The van der Waals surface area contributed by atoms with Crippen molar-refractivity contribution in [3.8, 4) is 5.75 Å². The first kappa shape index (κ1) is 17.3. The molecule has 1 rings (SSSR count). The van der Waals surface area contributed by atoms with E-state index in [0.717, 1.165) is 10.0 Å². The van der Waals surface area contributed by atoms with Gasteiger partial charge in [-0.05, 0) is 31.5 Å². The molecule has 0 aromatic heterocycles. The van der Waals surface area contributed by atoms with Crippen molar-refractivity contribution in [2.45, 2.75) is 32.4 Å². The Hall–Kier alpha value is -1.76. The van der Waals surface area contributed by atoms with Crippen LogP contribution in [0.15, 0.2) is 22.7 Å². The van der Waals surface area contributed by atoms with Crippen LogP contribution in [0.25, 0.3) is 0 Å². The van der Waals surface area contributed by atoms with Gasteiger partial charge in [0.2, 0.25) is 0 Å². The maximum absolute atomic E-state index is 11.8. The van der Waals surface area contributed by atoms with E-state index in [1.54, 1.807) is 20.1 Å². The lowest BCUT2D eigenvalue weighted by Gasteiger charge is -2.24. The minimum Gasteiger partial charge on any atom is -0.496 e. The van der Waals surface area contributed by atoms with E-state index in [9.17, 15) is 9.59 Å². The summed E-state index contributed by atoms with van der Waals surface area (Å²) in [5, 5.41) is 14.2. The van der Waals surface area contributed by atoms with Gasteiger partial charge >= 0.3 is 12.0 Å². The number of hydrogen-bond donors (Lipinski definition) is 3. The minimum atomic E-state index is -1.29. The molecule has 0 spiro atoms. The summed E-state index contributed by atoms with van der Waals surface area (Å²) >= 11 is 3.35. The number of benzene rings is 1. The predicted molar refractivity (Wildman–Crippen MR) is 82.4 cm³/mol. The Bertz CT molecular complexity index is 536. The van der Waals surface area contributed by atoms with Crippen molar-refractivity contribution in [3.05, 3.63) is 28.2 Å². The van der Waals surface area contributed by atoms with Gasteiger partial charge in [0.15, 0.2) is 0 Å². The number of amides is 2. The van der Waals surface area contributed by atoms with Crippen molar-refractivity contribution in [1.29, 1.82) is 0 Å². The van der Waals surface area contributed by atoms with Crippen molar-refractivity contribution in [2.24, 2.45) is 0 Å². The summed E-state index contributed by atoms with van der Waals surface area (Å²) in [6.07, 6.45) is 0.288. The first-order valence-electron chi connectivity index (χ1n) is 6.44. The number of urea groups is 1. The van der Waals surface area contributed by atoms with Crippen LogP contribution in [0.1, 0.15) is 25.8 Å². The second kappa shape index (κ2) is 7.31. The highest BCUT2D eigenvalue weighted by atomic mass is 79.9. The van der Waals surface area contributed by atoms with Crippen LogP contribution in [0.3, 0.4) is 0 Å². The molecule has 0 bridgehead atoms. The van der Waals surface area contributed by atoms with Crippen molar-refractivity contribution in [3.63, 3.8) is 0 Å². The SMILES string of the molecule is CCC(C)(NC(=O)NCc1cc(Br)ccc1OC)C(=O)O. The molecule has 1 aromatic rings. The average Bonchev–Trinajstić information content (AvgIpc) is 2.44. The summed E-state index contributed by atoms with van der Waals surface area (Å²) in [4.78, 5) is 23.0. The van der Waals surface area contributed by atoms with Gasteiger partial charge < -0.3 is 20.5 Å². The molecule has 0 fully saturated rings. The number of carboxylic acid groups (broad SMARTS) is 1. The van der Waals surface area contributed by atoms with E-state index < -0.39 is 17.5 Å². The summed E-state index contributed by atoms with van der Waals surface area (Å²) in [6, 6.07) is 4.91. The van der Waals surface area contributed by atoms with Crippen molar-refractivity contribution in [2.75, 3.05) is 7.11 Å². The van der Waals surface area contributed by atoms with Crippen LogP contribution >= 0.6 is 15.9 Å². The van der Waals surface area contributed by atoms with Gasteiger partial charge in [0.25, 0.3) is 0 Å². The minimum absolute atomic E-state index is 0.230. The van der Waals surface area contributed by atoms with Crippen LogP contribution in [0, 0.1) is 0 Å². The Balaban J connectivity index is 2.69. The number of carbonyl (C=O) groups is 2. The van der Waals surface area contributed by atoms with E-state index in [4.69, 9.17) is 9.84 Å². The van der Waals surface area contributed by atoms with Crippen LogP contribution in [-0.2, 0) is 11.3 Å². The third-order valence-electron chi connectivity index (χ3n) is 3.25. The lowest BCUT2D eigenvalue weighted by atomic mass is 10.00. The van der Waals surface area contributed by atoms with E-state index in [1.807, 2.05) is 12.1 Å². The zero-order valence-electron chi connectivity index (χ0n) is 12.2. The van der Waals surface area contributed by atoms with Crippen LogP contribution < -0.4 is 15.4 Å². The van der Waals surface area contributed by atoms with Gasteiger partial charge in [0.1, 0.15) is 11.3 Å². The summed E-state index contributed by atoms with van der Waals surface area (Å²) in [7, 11) is 1.55. The molecule has 0 saturated heterocycles. The van der Waals surface area contributed by atoms with Crippen LogP contribution in [0.2, 0.25) is 0 Å². The fourth-order valence-electron chi connectivity index (χ4n) is 1.65. The van der Waals surface area contributed by atoms with Crippen LogP contribution in [0.5, 0.6) is 5.75 Å². The van der Waals surface area contributed by atoms with Gasteiger partial charge in [-0.15, -0.1) is 0 Å². The highest BCUT2D eigenvalue weighted by Crippen LogP contribution is 2.22. The summed E-state index contributed by atoms with van der Waals surface area (Å²) in [6.45, 7) is 3.40. The standard InChI is InChI=1S/C14H19BrN2O4/c1-4-14(2,12(18)19)17-13(20)16-8-9-7-10(15)5-6-11(9)21-3/h5-7H,4,8H2,1-3H3,(H,18,19)(H2,16,17,20). The number of carboxylic acids is 1. The molecule has 1 atom stereocenters. The lowest BCUT2D eigenvalue weighted by molar-refractivity contribution is -0.143. The molecule has 21 heavy (non-hydrogen) atoms. The fourth-order valence-corrected chi connectivity index (χ4v) is 2.06. The first-order valence-corrected chi connectivity index (χ1v) is 7.23. The zero-order chi connectivity index (χ0) is 16.0. The molecule has 1 aromatic carbocycles. The smallest absolute Gasteiger partial charge is 0.329 e. The highest BCUT2D eigenvalue weighted by Gasteiger charge is 2.32. The van der Waals surface area contributed by atoms with E-state index in [2.05, 4.69) is 26.6 Å². The number of halogens is 1. The average molecular weight is 359 g/mol. The molecular weight excluding hydrogens is 340 g/mol. The molecule has 6 nitrogen and oxygen atoms in total. The number of ether oxygens (including phenoxy) is 1. The van der Waals surface area contributed by atoms with Gasteiger partial charge in [-0.25, -0.2) is 9.59 Å². The van der Waals surface area contributed by atoms with Crippen LogP contribution in [-0.4, -0.2) is 29.8 Å². The highest BCUT2D eigenvalue weighted by molar-refractivity contribution is 9.10. The van der Waals surface area contributed by atoms with Gasteiger partial charge in [0.05, 0.1) is 7.11 Å². The predicted octanol–water partition coefficient (Wildman–Crippen LogP) is 2.51.